The number of rotatable bonds is 9. The van der Waals surface area contributed by atoms with Gasteiger partial charge in [-0.05, 0) is 74.2 Å². The molecule has 0 aliphatic carbocycles. The van der Waals surface area contributed by atoms with E-state index in [0.717, 1.165) is 38.5 Å². The highest BCUT2D eigenvalue weighted by atomic mass is 19.4. The molecule has 42 heavy (non-hydrogen) atoms. The van der Waals surface area contributed by atoms with E-state index in [1.165, 1.54) is 11.1 Å². The van der Waals surface area contributed by atoms with E-state index in [0.29, 0.717) is 25.4 Å². The standard InChI is InChI=1S/C32H42F5N3O2/c1-21-6-5-7-23(16-21)26-20-40(28(29(41)42)30(2,3)4)19-24(26)18-39-14-11-22(12-15-39)10-13-31(33,34)27-9-8-25(17-38-27)32(35,36)37/h5-9,16-17,22,24,26,28H,10-15,18-20H2,1-4H3,(H,41,42)/t24-,26+,28-/m0/s1. The number of pyridine rings is 1. The fourth-order valence-electron chi connectivity index (χ4n) is 6.73. The van der Waals surface area contributed by atoms with Gasteiger partial charge in [0.25, 0.3) is 5.92 Å². The van der Waals surface area contributed by atoms with Crippen LogP contribution in [0, 0.1) is 24.2 Å². The van der Waals surface area contributed by atoms with Gasteiger partial charge in [0.05, 0.1) is 5.56 Å². The van der Waals surface area contributed by atoms with E-state index in [9.17, 15) is 31.9 Å². The monoisotopic (exact) mass is 595 g/mol. The van der Waals surface area contributed by atoms with Crippen molar-refractivity contribution in [1.29, 1.82) is 0 Å². The summed E-state index contributed by atoms with van der Waals surface area (Å²) >= 11 is 0. The molecule has 2 saturated heterocycles. The largest absolute Gasteiger partial charge is 0.480 e. The Morgan fingerprint density at radius 3 is 2.29 bits per heavy atom. The molecule has 0 saturated carbocycles. The molecule has 5 nitrogen and oxygen atoms in total. The van der Waals surface area contributed by atoms with E-state index >= 15 is 0 Å². The summed E-state index contributed by atoms with van der Waals surface area (Å²) in [5.74, 6) is -3.56. The van der Waals surface area contributed by atoms with Crippen molar-refractivity contribution in [3.8, 4) is 0 Å². The summed E-state index contributed by atoms with van der Waals surface area (Å²) in [6.07, 6.45) is -2.79. The van der Waals surface area contributed by atoms with Gasteiger partial charge in [-0.2, -0.15) is 22.0 Å². The first-order chi connectivity index (χ1) is 19.5. The number of aromatic nitrogens is 1. The summed E-state index contributed by atoms with van der Waals surface area (Å²) in [5.41, 5.74) is 0.292. The predicted molar refractivity (Wildman–Crippen MR) is 151 cm³/mol. The molecule has 0 amide bonds. The molecule has 0 bridgehead atoms. The Kier molecular flexibility index (Phi) is 9.67. The van der Waals surface area contributed by atoms with Crippen molar-refractivity contribution < 1.29 is 31.9 Å². The van der Waals surface area contributed by atoms with Gasteiger partial charge in [-0.25, -0.2) is 0 Å². The minimum atomic E-state index is -4.61. The van der Waals surface area contributed by atoms with E-state index in [4.69, 9.17) is 0 Å². The average molecular weight is 596 g/mol. The van der Waals surface area contributed by atoms with Gasteiger partial charge in [-0.3, -0.25) is 14.7 Å². The van der Waals surface area contributed by atoms with Crippen LogP contribution < -0.4 is 0 Å². The molecule has 3 atom stereocenters. The van der Waals surface area contributed by atoms with Gasteiger partial charge in [-0.1, -0.05) is 50.6 Å². The van der Waals surface area contributed by atoms with Crippen LogP contribution in [-0.4, -0.2) is 64.6 Å². The maximum atomic E-state index is 14.8. The molecule has 0 spiro atoms. The Labute approximate surface area is 245 Å². The Balaban J connectivity index is 1.36. The van der Waals surface area contributed by atoms with Crippen LogP contribution >= 0.6 is 0 Å². The first-order valence-electron chi connectivity index (χ1n) is 14.7. The third-order valence-electron chi connectivity index (χ3n) is 8.89. The number of likely N-dealkylation sites (tertiary alicyclic amines) is 2. The number of benzene rings is 1. The van der Waals surface area contributed by atoms with Gasteiger partial charge >= 0.3 is 12.1 Å². The third kappa shape index (κ3) is 7.86. The quantitative estimate of drug-likeness (QED) is 0.311. The highest BCUT2D eigenvalue weighted by molar-refractivity contribution is 5.74. The second-order valence-electron chi connectivity index (χ2n) is 13.3. The van der Waals surface area contributed by atoms with Gasteiger partial charge in [0.2, 0.25) is 0 Å². The summed E-state index contributed by atoms with van der Waals surface area (Å²) in [6.45, 7) is 11.6. The highest BCUT2D eigenvalue weighted by Crippen LogP contribution is 2.40. The van der Waals surface area contributed by atoms with Crippen LogP contribution in [0.3, 0.4) is 0 Å². The molecule has 0 unspecified atom stereocenters. The number of hydrogen-bond donors (Lipinski definition) is 1. The Morgan fingerprint density at radius 2 is 1.74 bits per heavy atom. The highest BCUT2D eigenvalue weighted by Gasteiger charge is 2.44. The lowest BCUT2D eigenvalue weighted by atomic mass is 9.85. The van der Waals surface area contributed by atoms with Crippen molar-refractivity contribution in [1.82, 2.24) is 14.8 Å². The zero-order chi connectivity index (χ0) is 30.9. The van der Waals surface area contributed by atoms with E-state index in [-0.39, 0.29) is 24.2 Å². The van der Waals surface area contributed by atoms with Gasteiger partial charge < -0.3 is 10.0 Å². The first-order valence-corrected chi connectivity index (χ1v) is 14.7. The predicted octanol–water partition coefficient (Wildman–Crippen LogP) is 7.21. The minimum Gasteiger partial charge on any atom is -0.480 e. The summed E-state index contributed by atoms with van der Waals surface area (Å²) in [7, 11) is 0. The fourth-order valence-corrected chi connectivity index (χ4v) is 6.73. The van der Waals surface area contributed by atoms with E-state index in [1.807, 2.05) is 26.8 Å². The van der Waals surface area contributed by atoms with Crippen LogP contribution in [0.25, 0.3) is 0 Å². The number of hydrogen-bond acceptors (Lipinski definition) is 4. The maximum Gasteiger partial charge on any atom is 0.417 e. The number of aliphatic carboxylic acids is 1. The molecule has 2 aliphatic rings. The summed E-state index contributed by atoms with van der Waals surface area (Å²) in [6, 6.07) is 9.25. The summed E-state index contributed by atoms with van der Waals surface area (Å²) < 4.78 is 67.8. The molecule has 2 fully saturated rings. The molecular weight excluding hydrogens is 553 g/mol. The zero-order valence-electron chi connectivity index (χ0n) is 24.8. The van der Waals surface area contributed by atoms with Gasteiger partial charge in [0, 0.05) is 38.2 Å². The van der Waals surface area contributed by atoms with Crippen LogP contribution in [-0.2, 0) is 16.9 Å². The van der Waals surface area contributed by atoms with Gasteiger partial charge in [0.15, 0.2) is 0 Å². The normalized spacial score (nSPS) is 22.4. The van der Waals surface area contributed by atoms with E-state index in [1.54, 1.807) is 0 Å². The van der Waals surface area contributed by atoms with Crippen molar-refractivity contribution in [3.05, 3.63) is 65.0 Å². The molecule has 1 aromatic heterocycles. The van der Waals surface area contributed by atoms with Gasteiger partial charge in [0.1, 0.15) is 11.7 Å². The van der Waals surface area contributed by atoms with Crippen molar-refractivity contribution in [2.75, 3.05) is 32.7 Å². The smallest absolute Gasteiger partial charge is 0.417 e. The third-order valence-corrected chi connectivity index (χ3v) is 8.89. The fraction of sp³-hybridized carbons (Fsp3) is 0.625. The van der Waals surface area contributed by atoms with Gasteiger partial charge in [-0.15, -0.1) is 0 Å². The van der Waals surface area contributed by atoms with Crippen molar-refractivity contribution in [2.45, 2.75) is 77.4 Å². The zero-order valence-corrected chi connectivity index (χ0v) is 24.8. The van der Waals surface area contributed by atoms with Crippen molar-refractivity contribution in [3.63, 3.8) is 0 Å². The van der Waals surface area contributed by atoms with E-state index in [2.05, 4.69) is 39.9 Å². The second kappa shape index (κ2) is 12.6. The van der Waals surface area contributed by atoms with Crippen LogP contribution in [0.4, 0.5) is 22.0 Å². The lowest BCUT2D eigenvalue weighted by Crippen LogP contribution is -2.48. The first kappa shape index (κ1) is 32.3. The average Bonchev–Trinajstić information content (AvgIpc) is 3.29. The Hall–Kier alpha value is -2.59. The molecule has 0 radical (unpaired) electrons. The number of carbonyl (C=O) groups is 1. The molecule has 2 aliphatic heterocycles. The number of carboxylic acid groups (broad SMARTS) is 1. The molecule has 1 aromatic carbocycles. The number of carboxylic acids is 1. The lowest BCUT2D eigenvalue weighted by Gasteiger charge is -2.36. The molecule has 3 heterocycles. The summed E-state index contributed by atoms with van der Waals surface area (Å²) in [4.78, 5) is 20.2. The molecule has 4 rings (SSSR count). The van der Waals surface area contributed by atoms with Crippen LogP contribution in [0.5, 0.6) is 0 Å². The maximum absolute atomic E-state index is 14.8. The lowest BCUT2D eigenvalue weighted by molar-refractivity contribution is -0.147. The van der Waals surface area contributed by atoms with Crippen LogP contribution in [0.2, 0.25) is 0 Å². The number of piperidine rings is 1. The SMILES string of the molecule is Cc1cccc([C@H]2CN([C@@H](C(=O)O)C(C)(C)C)C[C@@H]2CN2CCC(CCC(F)(F)c3ccc(C(F)(F)F)cn3)CC2)c1. The Morgan fingerprint density at radius 1 is 1.05 bits per heavy atom. The van der Waals surface area contributed by atoms with Crippen LogP contribution in [0.15, 0.2) is 42.6 Å². The number of aryl methyl sites for hydroxylation is 1. The topological polar surface area (TPSA) is 56.7 Å². The minimum absolute atomic E-state index is 0.103. The van der Waals surface area contributed by atoms with E-state index < -0.39 is 47.2 Å². The molecule has 232 valence electrons. The second-order valence-corrected chi connectivity index (χ2v) is 13.3. The number of nitrogens with zero attached hydrogens (tertiary/aromatic N) is 3. The molecule has 10 heteroatoms. The Bertz CT molecular complexity index is 1200. The molecule has 2 aromatic rings. The van der Waals surface area contributed by atoms with Crippen molar-refractivity contribution in [2.24, 2.45) is 17.3 Å². The number of halogens is 5. The molecule has 1 N–H and O–H groups in total. The molecular formula is C32H42F5N3O2. The van der Waals surface area contributed by atoms with Crippen LogP contribution in [0.1, 0.15) is 74.8 Å². The van der Waals surface area contributed by atoms with Crippen molar-refractivity contribution >= 4 is 5.97 Å². The summed E-state index contributed by atoms with van der Waals surface area (Å²) in [5, 5.41) is 10.1. The number of alkyl halides is 5.